The molecule has 0 heterocycles. The Labute approximate surface area is 139 Å². The fourth-order valence-corrected chi connectivity index (χ4v) is 10.8. The van der Waals surface area contributed by atoms with Crippen LogP contribution in [-0.2, 0) is 6.16 Å². The minimum absolute atomic E-state index is 0.475. The summed E-state index contributed by atoms with van der Waals surface area (Å²) in [5.41, 5.74) is 3.55. The predicted octanol–water partition coefficient (Wildman–Crippen LogP) is 6.83. The summed E-state index contributed by atoms with van der Waals surface area (Å²) < 4.78 is 0. The molecule has 1 rings (SSSR count). The second-order valence-corrected chi connectivity index (χ2v) is 13.9. The zero-order valence-electron chi connectivity index (χ0n) is 15.9. The third-order valence-corrected chi connectivity index (χ3v) is 13.7. The van der Waals surface area contributed by atoms with Crippen molar-refractivity contribution in [2.75, 3.05) is 6.16 Å². The number of hydrogen-bond acceptors (Lipinski definition) is 0. The van der Waals surface area contributed by atoms with Crippen LogP contribution in [0.25, 0.3) is 6.08 Å². The van der Waals surface area contributed by atoms with Gasteiger partial charge in [0.15, 0.2) is 0 Å². The first-order valence-corrected chi connectivity index (χ1v) is 11.4. The zero-order chi connectivity index (χ0) is 17.0. The molecule has 0 aliphatic carbocycles. The molecule has 0 aliphatic rings. The molecule has 0 atom stereocenters. The summed E-state index contributed by atoms with van der Waals surface area (Å²) in [7, 11) is -1.46. The van der Waals surface area contributed by atoms with Crippen molar-refractivity contribution < 1.29 is 0 Å². The van der Waals surface area contributed by atoms with Crippen LogP contribution in [0.4, 0.5) is 0 Å². The Kier molecular flexibility index (Phi) is 6.87. The SMILES string of the molecule is C=Cc1ccc(C[PH](CC(C)C)(C(C)C)C(C)(C)CC)cc1. The van der Waals surface area contributed by atoms with E-state index in [0.717, 1.165) is 11.6 Å². The Morgan fingerprint density at radius 3 is 2.00 bits per heavy atom. The average molecular weight is 321 g/mol. The van der Waals surface area contributed by atoms with Crippen LogP contribution < -0.4 is 0 Å². The van der Waals surface area contributed by atoms with E-state index in [-0.39, 0.29) is 0 Å². The van der Waals surface area contributed by atoms with Crippen LogP contribution in [0.2, 0.25) is 0 Å². The first-order chi connectivity index (χ1) is 10.2. The van der Waals surface area contributed by atoms with Gasteiger partial charge in [-0.3, -0.25) is 0 Å². The van der Waals surface area contributed by atoms with Crippen molar-refractivity contribution in [2.24, 2.45) is 5.92 Å². The molecule has 0 N–H and O–H groups in total. The van der Waals surface area contributed by atoms with Crippen molar-refractivity contribution in [3.05, 3.63) is 42.0 Å². The molecule has 0 radical (unpaired) electrons. The first-order valence-electron chi connectivity index (χ1n) is 8.90. The van der Waals surface area contributed by atoms with Gasteiger partial charge in [0.05, 0.1) is 0 Å². The third kappa shape index (κ3) is 4.23. The van der Waals surface area contributed by atoms with Gasteiger partial charge in [0, 0.05) is 0 Å². The molecule has 22 heavy (non-hydrogen) atoms. The Hall–Kier alpha value is -0.610. The van der Waals surface area contributed by atoms with Gasteiger partial charge in [0.25, 0.3) is 0 Å². The quantitative estimate of drug-likeness (QED) is 0.460. The molecular weight excluding hydrogens is 283 g/mol. The van der Waals surface area contributed by atoms with Crippen molar-refractivity contribution >= 4 is 13.3 Å². The number of hydrogen-bond donors (Lipinski definition) is 0. The second kappa shape index (κ2) is 7.78. The van der Waals surface area contributed by atoms with Gasteiger partial charge in [0.1, 0.15) is 0 Å². The van der Waals surface area contributed by atoms with Crippen LogP contribution in [0.3, 0.4) is 0 Å². The van der Waals surface area contributed by atoms with Crippen LogP contribution in [-0.4, -0.2) is 17.0 Å². The van der Waals surface area contributed by atoms with Crippen molar-refractivity contribution in [1.29, 1.82) is 0 Å². The predicted molar refractivity (Wildman–Crippen MR) is 108 cm³/mol. The Morgan fingerprint density at radius 2 is 1.64 bits per heavy atom. The van der Waals surface area contributed by atoms with E-state index < -0.39 is 7.26 Å². The van der Waals surface area contributed by atoms with Crippen LogP contribution in [0.5, 0.6) is 0 Å². The summed E-state index contributed by atoms with van der Waals surface area (Å²) in [5, 5.41) is 0.475. The van der Waals surface area contributed by atoms with E-state index in [0.29, 0.717) is 5.16 Å². The molecule has 0 amide bonds. The van der Waals surface area contributed by atoms with Crippen molar-refractivity contribution in [3.63, 3.8) is 0 Å². The normalized spacial score (nSPS) is 13.7. The van der Waals surface area contributed by atoms with Gasteiger partial charge in [-0.05, 0) is 0 Å². The molecule has 0 spiro atoms. The van der Waals surface area contributed by atoms with Gasteiger partial charge < -0.3 is 0 Å². The van der Waals surface area contributed by atoms with Gasteiger partial charge in [-0.25, -0.2) is 0 Å². The van der Waals surface area contributed by atoms with E-state index in [1.54, 1.807) is 0 Å². The molecule has 0 saturated carbocycles. The topological polar surface area (TPSA) is 0 Å². The second-order valence-electron chi connectivity index (χ2n) is 8.27. The van der Waals surface area contributed by atoms with Crippen LogP contribution in [0.15, 0.2) is 30.8 Å². The van der Waals surface area contributed by atoms with Crippen LogP contribution >= 0.6 is 7.26 Å². The van der Waals surface area contributed by atoms with Gasteiger partial charge in [0.2, 0.25) is 0 Å². The Bertz CT molecular complexity index is 467. The minimum atomic E-state index is -1.46. The van der Waals surface area contributed by atoms with E-state index in [1.165, 1.54) is 29.9 Å². The van der Waals surface area contributed by atoms with Gasteiger partial charge >= 0.3 is 139 Å². The fourth-order valence-electron chi connectivity index (χ4n) is 4.03. The maximum atomic E-state index is 3.86. The van der Waals surface area contributed by atoms with E-state index in [9.17, 15) is 0 Å². The van der Waals surface area contributed by atoms with Crippen LogP contribution in [0, 0.1) is 5.92 Å². The summed E-state index contributed by atoms with van der Waals surface area (Å²) in [4.78, 5) is 0. The van der Waals surface area contributed by atoms with E-state index in [2.05, 4.69) is 79.3 Å². The molecule has 126 valence electrons. The Morgan fingerprint density at radius 1 is 1.09 bits per heavy atom. The molecule has 1 aromatic rings. The molecule has 0 bridgehead atoms. The van der Waals surface area contributed by atoms with E-state index >= 15 is 0 Å². The Balaban J connectivity index is 3.25. The van der Waals surface area contributed by atoms with Crippen molar-refractivity contribution in [3.8, 4) is 0 Å². The van der Waals surface area contributed by atoms with Gasteiger partial charge in [-0.2, -0.15) is 0 Å². The molecule has 0 saturated heterocycles. The number of benzene rings is 1. The average Bonchev–Trinajstić information content (AvgIpc) is 2.46. The summed E-state index contributed by atoms with van der Waals surface area (Å²) in [6, 6.07) is 9.09. The molecule has 0 fully saturated rings. The standard InChI is InChI=1S/C21H37P/c1-9-19-11-13-20(14-12-19)16-22(18(5)6,15-17(3)4)21(7,8)10-2/h9,11-14,17-18,22H,1,10,15-16H2,2-8H3. The van der Waals surface area contributed by atoms with Crippen molar-refractivity contribution in [2.45, 2.75) is 71.9 Å². The number of rotatable bonds is 8. The van der Waals surface area contributed by atoms with Gasteiger partial charge in [-0.1, -0.05) is 0 Å². The summed E-state index contributed by atoms with van der Waals surface area (Å²) in [5.74, 6) is 0.785. The van der Waals surface area contributed by atoms with Crippen LogP contribution in [0.1, 0.15) is 66.0 Å². The fraction of sp³-hybridized carbons (Fsp3) is 0.619. The maximum absolute atomic E-state index is 3.86. The summed E-state index contributed by atoms with van der Waals surface area (Å²) >= 11 is 0. The van der Waals surface area contributed by atoms with Gasteiger partial charge in [-0.15, -0.1) is 0 Å². The zero-order valence-corrected chi connectivity index (χ0v) is 16.9. The van der Waals surface area contributed by atoms with E-state index in [1.807, 2.05) is 6.08 Å². The molecule has 1 heteroatoms. The molecule has 0 nitrogen and oxygen atoms in total. The molecule has 1 aromatic carbocycles. The molecule has 0 unspecified atom stereocenters. The third-order valence-electron chi connectivity index (χ3n) is 5.84. The summed E-state index contributed by atoms with van der Waals surface area (Å²) in [6.07, 6.45) is 5.95. The van der Waals surface area contributed by atoms with Crippen molar-refractivity contribution in [1.82, 2.24) is 0 Å². The molecule has 0 aromatic heterocycles. The van der Waals surface area contributed by atoms with E-state index in [4.69, 9.17) is 0 Å². The molecule has 0 aliphatic heterocycles. The monoisotopic (exact) mass is 320 g/mol. The summed E-state index contributed by atoms with van der Waals surface area (Å²) in [6.45, 7) is 21.1. The molecular formula is C21H37P. The first kappa shape index (κ1) is 19.4.